The summed E-state index contributed by atoms with van der Waals surface area (Å²) in [4.78, 5) is 28.3. The van der Waals surface area contributed by atoms with Crippen LogP contribution >= 0.6 is 0 Å². The first-order valence-electron chi connectivity index (χ1n) is 11.2. The summed E-state index contributed by atoms with van der Waals surface area (Å²) in [6, 6.07) is 4.15. The van der Waals surface area contributed by atoms with Crippen molar-refractivity contribution >= 4 is 17.0 Å². The van der Waals surface area contributed by atoms with E-state index in [4.69, 9.17) is 10.5 Å². The number of aromatic amines is 1. The molecule has 3 aromatic heterocycles. The van der Waals surface area contributed by atoms with Gasteiger partial charge in [-0.2, -0.15) is 9.97 Å². The zero-order valence-corrected chi connectivity index (χ0v) is 18.5. The zero-order valence-electron chi connectivity index (χ0n) is 18.5. The molecule has 0 spiro atoms. The van der Waals surface area contributed by atoms with E-state index in [2.05, 4.69) is 39.1 Å². The second-order valence-electron chi connectivity index (χ2n) is 7.70. The highest BCUT2D eigenvalue weighted by atomic mass is 16.5. The molecule has 0 aliphatic rings. The van der Waals surface area contributed by atoms with Crippen LogP contribution in [0.25, 0.3) is 11.2 Å². The molecule has 3 heterocycles. The summed E-state index contributed by atoms with van der Waals surface area (Å²) in [7, 11) is 0. The molecule has 0 aliphatic carbocycles. The van der Waals surface area contributed by atoms with E-state index in [0.717, 1.165) is 37.2 Å². The largest absolute Gasteiger partial charge is 0.463 e. The number of fused-ring (bicyclic) bond motifs is 1. The van der Waals surface area contributed by atoms with Crippen molar-refractivity contribution in [2.24, 2.45) is 0 Å². The maximum absolute atomic E-state index is 12.5. The Morgan fingerprint density at radius 1 is 1.13 bits per heavy atom. The molecule has 0 unspecified atom stereocenters. The molecule has 0 aliphatic heterocycles. The smallest absolute Gasteiger partial charge is 0.328 e. The van der Waals surface area contributed by atoms with Crippen LogP contribution in [0.2, 0.25) is 0 Å². The number of rotatable bonds is 13. The molecular formula is C22H33N7O2. The van der Waals surface area contributed by atoms with Crippen LogP contribution in [0.4, 0.5) is 5.82 Å². The first-order chi connectivity index (χ1) is 15.1. The number of H-pyrrole nitrogens is 1. The number of unbranched alkanes of at least 4 members (excludes halogenated alkanes) is 4. The maximum atomic E-state index is 12.5. The van der Waals surface area contributed by atoms with Crippen molar-refractivity contribution in [2.75, 3.05) is 18.9 Å². The Kier molecular flexibility index (Phi) is 8.40. The fraction of sp³-hybridized carbons (Fsp3) is 0.545. The Bertz CT molecular complexity index is 1010. The molecule has 9 nitrogen and oxygen atoms in total. The highest BCUT2D eigenvalue weighted by Crippen LogP contribution is 2.18. The third kappa shape index (κ3) is 6.27. The van der Waals surface area contributed by atoms with E-state index in [1.54, 1.807) is 6.20 Å². The summed E-state index contributed by atoms with van der Waals surface area (Å²) in [6.45, 7) is 6.87. The van der Waals surface area contributed by atoms with Crippen LogP contribution in [-0.2, 0) is 13.1 Å². The van der Waals surface area contributed by atoms with Gasteiger partial charge in [0, 0.05) is 12.7 Å². The minimum atomic E-state index is -0.292. The van der Waals surface area contributed by atoms with E-state index in [1.807, 2.05) is 12.1 Å². The molecule has 3 rings (SSSR count). The number of nitrogens with one attached hydrogen (secondary N) is 2. The predicted molar refractivity (Wildman–Crippen MR) is 122 cm³/mol. The number of nitrogens with zero attached hydrogens (tertiary/aromatic N) is 4. The number of nitrogens with two attached hydrogens (primary N) is 1. The molecule has 0 radical (unpaired) electrons. The Hall–Kier alpha value is -2.94. The number of ether oxygens (including phenoxy) is 1. The fourth-order valence-electron chi connectivity index (χ4n) is 3.28. The van der Waals surface area contributed by atoms with Gasteiger partial charge < -0.3 is 20.8 Å². The molecule has 0 amide bonds. The van der Waals surface area contributed by atoms with Crippen molar-refractivity contribution < 1.29 is 4.74 Å². The number of hydrogen-bond acceptors (Lipinski definition) is 7. The summed E-state index contributed by atoms with van der Waals surface area (Å²) in [5, 5.41) is 3.42. The van der Waals surface area contributed by atoms with Gasteiger partial charge in [-0.1, -0.05) is 45.6 Å². The minimum absolute atomic E-state index is 0.185. The molecule has 168 valence electrons. The summed E-state index contributed by atoms with van der Waals surface area (Å²) in [5.74, 6) is 0.200. The fourth-order valence-corrected chi connectivity index (χ4v) is 3.28. The predicted octanol–water partition coefficient (Wildman–Crippen LogP) is 2.99. The van der Waals surface area contributed by atoms with Crippen molar-refractivity contribution in [3.63, 3.8) is 0 Å². The SMILES string of the molecule is CCCCCCNCc1ccc(Cn2c(=O)[nH]c3c(N)nc(OCCCC)nc32)cn1. The summed E-state index contributed by atoms with van der Waals surface area (Å²) in [5.41, 5.74) is 8.45. The molecule has 0 saturated carbocycles. The monoisotopic (exact) mass is 427 g/mol. The number of aromatic nitrogens is 5. The summed E-state index contributed by atoms with van der Waals surface area (Å²) < 4.78 is 7.11. The first kappa shape index (κ1) is 22.7. The average Bonchev–Trinajstić information content (AvgIpc) is 3.08. The lowest BCUT2D eigenvalue weighted by Gasteiger charge is -2.08. The number of nitrogen functional groups attached to an aromatic ring is 1. The minimum Gasteiger partial charge on any atom is -0.463 e. The number of anilines is 1. The lowest BCUT2D eigenvalue weighted by Crippen LogP contribution is -2.18. The van der Waals surface area contributed by atoms with Gasteiger partial charge in [-0.25, -0.2) is 4.79 Å². The van der Waals surface area contributed by atoms with Crippen molar-refractivity contribution in [3.05, 3.63) is 40.1 Å². The average molecular weight is 428 g/mol. The maximum Gasteiger partial charge on any atom is 0.328 e. The lowest BCUT2D eigenvalue weighted by atomic mass is 10.2. The molecule has 4 N–H and O–H groups in total. The van der Waals surface area contributed by atoms with E-state index < -0.39 is 0 Å². The normalized spacial score (nSPS) is 11.3. The van der Waals surface area contributed by atoms with E-state index in [1.165, 1.54) is 30.3 Å². The Morgan fingerprint density at radius 3 is 2.71 bits per heavy atom. The van der Waals surface area contributed by atoms with Gasteiger partial charge in [0.1, 0.15) is 5.52 Å². The van der Waals surface area contributed by atoms with Crippen LogP contribution in [0.3, 0.4) is 0 Å². The number of pyridine rings is 1. The highest BCUT2D eigenvalue weighted by molar-refractivity contribution is 5.81. The van der Waals surface area contributed by atoms with Crippen LogP contribution in [-0.4, -0.2) is 37.7 Å². The summed E-state index contributed by atoms with van der Waals surface area (Å²) in [6.07, 6.45) is 8.66. The molecule has 0 aromatic carbocycles. The zero-order chi connectivity index (χ0) is 22.1. The second kappa shape index (κ2) is 11.5. The molecule has 31 heavy (non-hydrogen) atoms. The van der Waals surface area contributed by atoms with Crippen molar-refractivity contribution in [2.45, 2.75) is 65.5 Å². The van der Waals surface area contributed by atoms with E-state index in [9.17, 15) is 4.79 Å². The van der Waals surface area contributed by atoms with Crippen molar-refractivity contribution in [1.29, 1.82) is 0 Å². The lowest BCUT2D eigenvalue weighted by molar-refractivity contribution is 0.286. The van der Waals surface area contributed by atoms with Crippen LogP contribution in [0.15, 0.2) is 23.1 Å². The van der Waals surface area contributed by atoms with Crippen LogP contribution in [0, 0.1) is 0 Å². The Morgan fingerprint density at radius 2 is 1.97 bits per heavy atom. The van der Waals surface area contributed by atoms with E-state index in [-0.39, 0.29) is 17.5 Å². The van der Waals surface area contributed by atoms with Gasteiger partial charge >= 0.3 is 11.7 Å². The molecular weight excluding hydrogens is 394 g/mol. The third-order valence-corrected chi connectivity index (χ3v) is 5.10. The van der Waals surface area contributed by atoms with Gasteiger partial charge in [0.25, 0.3) is 0 Å². The first-order valence-corrected chi connectivity index (χ1v) is 11.2. The quantitative estimate of drug-likeness (QED) is 0.358. The Balaban J connectivity index is 1.66. The molecule has 0 bridgehead atoms. The van der Waals surface area contributed by atoms with Gasteiger partial charge in [0.2, 0.25) is 0 Å². The van der Waals surface area contributed by atoms with Gasteiger partial charge in [0.05, 0.1) is 18.8 Å². The van der Waals surface area contributed by atoms with Crippen LogP contribution in [0.1, 0.15) is 63.6 Å². The van der Waals surface area contributed by atoms with Gasteiger partial charge in [0.15, 0.2) is 11.5 Å². The third-order valence-electron chi connectivity index (χ3n) is 5.10. The number of imidazole rings is 1. The molecule has 3 aromatic rings. The standard InChI is InChI=1S/C22H33N7O2/c1-3-5-7-8-11-24-14-17-10-9-16(13-25-17)15-29-20-18(26-22(29)30)19(23)27-21(28-20)31-12-6-4-2/h9-10,13,24H,3-8,11-12,14-15H2,1-2H3,(H,26,30)(H2,23,27,28). The van der Waals surface area contributed by atoms with E-state index >= 15 is 0 Å². The van der Waals surface area contributed by atoms with Crippen LogP contribution < -0.4 is 21.5 Å². The van der Waals surface area contributed by atoms with E-state index in [0.29, 0.717) is 24.3 Å². The van der Waals surface area contributed by atoms with Gasteiger partial charge in [-0.15, -0.1) is 0 Å². The molecule has 0 saturated heterocycles. The van der Waals surface area contributed by atoms with Crippen LogP contribution in [0.5, 0.6) is 6.01 Å². The molecule has 9 heteroatoms. The van der Waals surface area contributed by atoms with Crippen molar-refractivity contribution in [3.8, 4) is 6.01 Å². The molecule has 0 fully saturated rings. The van der Waals surface area contributed by atoms with Crippen molar-refractivity contribution in [1.82, 2.24) is 29.8 Å². The Labute approximate surface area is 182 Å². The number of hydrogen-bond donors (Lipinski definition) is 3. The molecule has 0 atom stereocenters. The summed E-state index contributed by atoms with van der Waals surface area (Å²) >= 11 is 0. The van der Waals surface area contributed by atoms with Gasteiger partial charge in [-0.05, 0) is 31.0 Å². The topological polar surface area (TPSA) is 124 Å². The van der Waals surface area contributed by atoms with Gasteiger partial charge in [-0.3, -0.25) is 9.55 Å². The second-order valence-corrected chi connectivity index (χ2v) is 7.70. The highest BCUT2D eigenvalue weighted by Gasteiger charge is 2.15.